The lowest BCUT2D eigenvalue weighted by Gasteiger charge is -2.01. The van der Waals surface area contributed by atoms with Gasteiger partial charge in [0.15, 0.2) is 0 Å². The first-order valence-electron chi connectivity index (χ1n) is 4.22. The third kappa shape index (κ3) is 1.43. The third-order valence-electron chi connectivity index (χ3n) is 2.02. The Kier molecular flexibility index (Phi) is 2.13. The van der Waals surface area contributed by atoms with Gasteiger partial charge in [0.1, 0.15) is 16.9 Å². The van der Waals surface area contributed by atoms with E-state index in [1.54, 1.807) is 24.3 Å². The number of para-hydroxylation sites is 1. The summed E-state index contributed by atoms with van der Waals surface area (Å²) in [5, 5.41) is 13.4. The average molecular weight is 204 g/mol. The van der Waals surface area contributed by atoms with Gasteiger partial charge in [0.25, 0.3) is 0 Å². The van der Waals surface area contributed by atoms with E-state index >= 15 is 0 Å². The fraction of sp³-hybridized carbons (Fsp3) is 0. The Morgan fingerprint density at radius 1 is 1.40 bits per heavy atom. The van der Waals surface area contributed by atoms with Crippen LogP contribution in [0.2, 0.25) is 0 Å². The zero-order chi connectivity index (χ0) is 10.8. The summed E-state index contributed by atoms with van der Waals surface area (Å²) in [6.45, 7) is 0. The maximum Gasteiger partial charge on any atom is 0.349 e. The number of hydrazone groups is 1. The van der Waals surface area contributed by atoms with E-state index in [1.165, 1.54) is 0 Å². The van der Waals surface area contributed by atoms with Gasteiger partial charge in [-0.2, -0.15) is 5.10 Å². The maximum atomic E-state index is 11.4. The number of rotatable bonds is 1. The van der Waals surface area contributed by atoms with Crippen LogP contribution in [0.4, 0.5) is 0 Å². The molecule has 15 heavy (non-hydrogen) atoms. The first-order chi connectivity index (χ1) is 7.24. The highest BCUT2D eigenvalue weighted by Crippen LogP contribution is 2.24. The van der Waals surface area contributed by atoms with Crippen LogP contribution < -0.4 is 11.5 Å². The molecule has 1 heterocycles. The van der Waals surface area contributed by atoms with Crippen LogP contribution in [0.15, 0.2) is 38.6 Å². The van der Waals surface area contributed by atoms with Crippen molar-refractivity contribution in [3.8, 4) is 5.75 Å². The van der Waals surface area contributed by atoms with Crippen molar-refractivity contribution in [3.05, 3.63) is 40.2 Å². The number of aromatic hydroxyl groups is 1. The molecule has 0 radical (unpaired) electrons. The van der Waals surface area contributed by atoms with Gasteiger partial charge in [0.05, 0.1) is 11.6 Å². The quantitative estimate of drug-likeness (QED) is 0.311. The summed E-state index contributed by atoms with van der Waals surface area (Å²) in [7, 11) is 0. The highest BCUT2D eigenvalue weighted by Gasteiger charge is 2.11. The summed E-state index contributed by atoms with van der Waals surface area (Å²) in [6, 6.07) is 6.67. The molecule has 3 N–H and O–H groups in total. The fourth-order valence-corrected chi connectivity index (χ4v) is 1.34. The van der Waals surface area contributed by atoms with E-state index in [0.29, 0.717) is 11.0 Å². The molecule has 0 aliphatic carbocycles. The normalized spacial score (nSPS) is 11.2. The van der Waals surface area contributed by atoms with Gasteiger partial charge >= 0.3 is 5.63 Å². The van der Waals surface area contributed by atoms with Crippen molar-refractivity contribution < 1.29 is 9.52 Å². The predicted octanol–water partition coefficient (Wildman–Crippen LogP) is 0.791. The summed E-state index contributed by atoms with van der Waals surface area (Å²) in [4.78, 5) is 11.4. The summed E-state index contributed by atoms with van der Waals surface area (Å²) in [6.07, 6.45) is 1.06. The molecule has 2 aromatic rings. The molecule has 0 saturated heterocycles. The van der Waals surface area contributed by atoms with E-state index in [2.05, 4.69) is 5.10 Å². The maximum absolute atomic E-state index is 11.4. The highest BCUT2D eigenvalue weighted by atomic mass is 16.4. The van der Waals surface area contributed by atoms with Gasteiger partial charge in [-0.15, -0.1) is 0 Å². The molecular weight excluding hydrogens is 196 g/mol. The van der Waals surface area contributed by atoms with E-state index in [1.807, 2.05) is 0 Å². The number of benzene rings is 1. The Balaban J connectivity index is 2.90. The molecule has 0 amide bonds. The molecule has 5 heteroatoms. The van der Waals surface area contributed by atoms with Crippen molar-refractivity contribution in [2.75, 3.05) is 0 Å². The van der Waals surface area contributed by atoms with E-state index < -0.39 is 5.63 Å². The van der Waals surface area contributed by atoms with Gasteiger partial charge in [-0.3, -0.25) is 0 Å². The monoisotopic (exact) mass is 204 g/mol. The number of nitrogens with two attached hydrogens (primary N) is 1. The summed E-state index contributed by atoms with van der Waals surface area (Å²) in [5.41, 5.74) is -0.384. The van der Waals surface area contributed by atoms with Crippen molar-refractivity contribution in [1.29, 1.82) is 0 Å². The Hall–Kier alpha value is -2.30. The SMILES string of the molecule is N/N=C/c1c(O)c2ccccc2oc1=O. The highest BCUT2D eigenvalue weighted by molar-refractivity contribution is 5.93. The van der Waals surface area contributed by atoms with Crippen LogP contribution in [0.3, 0.4) is 0 Å². The minimum Gasteiger partial charge on any atom is -0.506 e. The van der Waals surface area contributed by atoms with Crippen molar-refractivity contribution in [2.24, 2.45) is 10.9 Å². The van der Waals surface area contributed by atoms with Crippen LogP contribution in [0.5, 0.6) is 5.75 Å². The van der Waals surface area contributed by atoms with Crippen LogP contribution in [0.1, 0.15) is 5.56 Å². The second kappa shape index (κ2) is 3.45. The van der Waals surface area contributed by atoms with Crippen molar-refractivity contribution in [2.45, 2.75) is 0 Å². The molecule has 1 aromatic carbocycles. The van der Waals surface area contributed by atoms with E-state index in [-0.39, 0.29) is 11.3 Å². The molecule has 0 unspecified atom stereocenters. The predicted molar refractivity (Wildman–Crippen MR) is 55.9 cm³/mol. The van der Waals surface area contributed by atoms with Crippen LogP contribution in [0, 0.1) is 0 Å². The largest absolute Gasteiger partial charge is 0.506 e. The fourth-order valence-electron chi connectivity index (χ4n) is 1.34. The molecule has 76 valence electrons. The Bertz CT molecular complexity index is 587. The standard InChI is InChI=1S/C10H8N2O3/c11-12-5-7-9(13)6-3-1-2-4-8(6)15-10(7)14/h1-5,13H,11H2/b12-5+. The van der Waals surface area contributed by atoms with Crippen LogP contribution in [0.25, 0.3) is 11.0 Å². The van der Waals surface area contributed by atoms with Gasteiger partial charge in [-0.05, 0) is 12.1 Å². The zero-order valence-electron chi connectivity index (χ0n) is 7.68. The second-order valence-corrected chi connectivity index (χ2v) is 2.93. The van der Waals surface area contributed by atoms with E-state index in [0.717, 1.165) is 6.21 Å². The van der Waals surface area contributed by atoms with Crippen molar-refractivity contribution >= 4 is 17.2 Å². The minimum absolute atomic E-state index is 0.0452. The van der Waals surface area contributed by atoms with E-state index in [4.69, 9.17) is 10.3 Å². The van der Waals surface area contributed by atoms with Gasteiger partial charge in [0.2, 0.25) is 0 Å². The molecular formula is C10H8N2O3. The second-order valence-electron chi connectivity index (χ2n) is 2.93. The minimum atomic E-state index is -0.666. The van der Waals surface area contributed by atoms with Crippen molar-refractivity contribution in [3.63, 3.8) is 0 Å². The molecule has 0 saturated carbocycles. The van der Waals surface area contributed by atoms with Gasteiger partial charge in [-0.1, -0.05) is 12.1 Å². The lowest BCUT2D eigenvalue weighted by molar-refractivity contribution is 0.466. The summed E-state index contributed by atoms with van der Waals surface area (Å²) < 4.78 is 4.96. The van der Waals surface area contributed by atoms with Crippen LogP contribution in [-0.2, 0) is 0 Å². The Morgan fingerprint density at radius 3 is 2.87 bits per heavy atom. The number of hydrogen-bond donors (Lipinski definition) is 2. The Labute approximate surface area is 84.4 Å². The lowest BCUT2D eigenvalue weighted by atomic mass is 10.1. The molecule has 0 fully saturated rings. The number of fused-ring (bicyclic) bond motifs is 1. The topological polar surface area (TPSA) is 88.8 Å². The lowest BCUT2D eigenvalue weighted by Crippen LogP contribution is -2.07. The van der Waals surface area contributed by atoms with Gasteiger partial charge in [0, 0.05) is 0 Å². The first kappa shape index (κ1) is 9.26. The molecule has 2 rings (SSSR count). The zero-order valence-corrected chi connectivity index (χ0v) is 7.68. The molecule has 5 nitrogen and oxygen atoms in total. The van der Waals surface area contributed by atoms with Crippen molar-refractivity contribution in [1.82, 2.24) is 0 Å². The molecule has 1 aromatic heterocycles. The molecule has 0 atom stereocenters. The van der Waals surface area contributed by atoms with Gasteiger partial charge < -0.3 is 15.4 Å². The average Bonchev–Trinajstić information content (AvgIpc) is 2.24. The number of hydrogen-bond acceptors (Lipinski definition) is 5. The first-order valence-corrected chi connectivity index (χ1v) is 4.22. The van der Waals surface area contributed by atoms with Gasteiger partial charge in [-0.25, -0.2) is 4.79 Å². The summed E-state index contributed by atoms with van der Waals surface area (Å²) in [5.74, 6) is 4.75. The smallest absolute Gasteiger partial charge is 0.349 e. The molecule has 0 aliphatic rings. The Morgan fingerprint density at radius 2 is 2.13 bits per heavy atom. The molecule has 0 bridgehead atoms. The number of nitrogens with zero attached hydrogens (tertiary/aromatic N) is 1. The molecule has 0 aliphatic heterocycles. The molecule has 0 spiro atoms. The van der Waals surface area contributed by atoms with E-state index in [9.17, 15) is 9.90 Å². The summed E-state index contributed by atoms with van der Waals surface area (Å²) >= 11 is 0. The van der Waals surface area contributed by atoms with Crippen LogP contribution in [-0.4, -0.2) is 11.3 Å². The third-order valence-corrected chi connectivity index (χ3v) is 2.02. The van der Waals surface area contributed by atoms with Crippen LogP contribution >= 0.6 is 0 Å².